The molecule has 0 fully saturated rings. The number of nitrogens with one attached hydrogen (secondary N) is 1. The molecule has 0 aliphatic carbocycles. The number of nitrogens with zero attached hydrogens (tertiary/aromatic N) is 1. The molecule has 1 aromatic rings. The second-order valence-corrected chi connectivity index (χ2v) is 1.90. The minimum absolute atomic E-state index is 0.197. The summed E-state index contributed by atoms with van der Waals surface area (Å²) < 4.78 is 41.6. The monoisotopic (exact) mass is 196 g/mol. The Hall–Kier alpha value is -1.22. The average Bonchev–Trinajstić information content (AvgIpc) is 2.34. The first-order chi connectivity index (χ1) is 5.97. The summed E-state index contributed by atoms with van der Waals surface area (Å²) in [5.74, 6) is -0.197. The van der Waals surface area contributed by atoms with Crippen LogP contribution in [-0.4, -0.2) is 28.9 Å². The van der Waals surface area contributed by atoms with E-state index in [1.54, 1.807) is 0 Å². The minimum atomic E-state index is -4.95. The van der Waals surface area contributed by atoms with E-state index in [1.165, 1.54) is 12.3 Å². The van der Waals surface area contributed by atoms with Gasteiger partial charge in [-0.1, -0.05) is 0 Å². The summed E-state index contributed by atoms with van der Waals surface area (Å²) in [5.41, 5.74) is 0. The SMILES string of the molecule is OB(Oc1cc[nH]n1)OC(F)(F)F. The van der Waals surface area contributed by atoms with E-state index in [0.29, 0.717) is 0 Å². The highest BCUT2D eigenvalue weighted by Gasteiger charge is 2.38. The highest BCUT2D eigenvalue weighted by molar-refractivity contribution is 6.35. The molecule has 0 atom stereocenters. The third-order valence-electron chi connectivity index (χ3n) is 0.931. The molecule has 0 unspecified atom stereocenters. The summed E-state index contributed by atoms with van der Waals surface area (Å²) in [6, 6.07) is 1.23. The maximum atomic E-state index is 11.4. The van der Waals surface area contributed by atoms with Gasteiger partial charge in [-0.3, -0.25) is 9.75 Å². The van der Waals surface area contributed by atoms with Gasteiger partial charge < -0.3 is 9.68 Å². The lowest BCUT2D eigenvalue weighted by atomic mass is 10.2. The van der Waals surface area contributed by atoms with Gasteiger partial charge in [0.25, 0.3) is 0 Å². The molecule has 0 bridgehead atoms. The molecule has 1 aromatic heterocycles. The van der Waals surface area contributed by atoms with Crippen molar-refractivity contribution in [1.29, 1.82) is 0 Å². The fourth-order valence-corrected chi connectivity index (χ4v) is 0.554. The Balaban J connectivity index is 2.38. The molecule has 0 aromatic carbocycles. The Morgan fingerprint density at radius 2 is 2.23 bits per heavy atom. The molecule has 13 heavy (non-hydrogen) atoms. The highest BCUT2D eigenvalue weighted by Crippen LogP contribution is 2.17. The number of aromatic nitrogens is 2. The highest BCUT2D eigenvalue weighted by atomic mass is 19.4. The fourth-order valence-electron chi connectivity index (χ4n) is 0.554. The molecule has 0 saturated heterocycles. The van der Waals surface area contributed by atoms with Crippen molar-refractivity contribution in [3.63, 3.8) is 0 Å². The summed E-state index contributed by atoms with van der Waals surface area (Å²) in [7, 11) is -2.41. The minimum Gasteiger partial charge on any atom is -0.496 e. The van der Waals surface area contributed by atoms with Crippen LogP contribution in [0, 0.1) is 0 Å². The maximum Gasteiger partial charge on any atom is 0.717 e. The molecule has 0 amide bonds. The smallest absolute Gasteiger partial charge is 0.496 e. The van der Waals surface area contributed by atoms with Crippen molar-refractivity contribution in [2.75, 3.05) is 0 Å². The number of halogens is 3. The Labute approximate surface area is 70.6 Å². The van der Waals surface area contributed by atoms with E-state index in [1.807, 2.05) is 0 Å². The van der Waals surface area contributed by atoms with Crippen molar-refractivity contribution in [2.45, 2.75) is 6.36 Å². The van der Waals surface area contributed by atoms with E-state index in [4.69, 9.17) is 5.02 Å². The lowest BCUT2D eigenvalue weighted by molar-refractivity contribution is -0.288. The van der Waals surface area contributed by atoms with Crippen LogP contribution in [0.4, 0.5) is 13.2 Å². The van der Waals surface area contributed by atoms with E-state index in [0.717, 1.165) is 0 Å². The Bertz CT molecular complexity index is 252. The van der Waals surface area contributed by atoms with Crippen molar-refractivity contribution in [3.05, 3.63) is 12.3 Å². The van der Waals surface area contributed by atoms with Gasteiger partial charge in [-0.25, -0.2) is 0 Å². The molecule has 0 aliphatic heterocycles. The number of hydrogen-bond acceptors (Lipinski definition) is 4. The van der Waals surface area contributed by atoms with Crippen LogP contribution < -0.4 is 4.65 Å². The first-order valence-corrected chi connectivity index (χ1v) is 3.06. The van der Waals surface area contributed by atoms with Crippen molar-refractivity contribution in [2.24, 2.45) is 0 Å². The normalized spacial score (nSPS) is 11.4. The molecule has 0 saturated carbocycles. The second-order valence-electron chi connectivity index (χ2n) is 1.90. The quantitative estimate of drug-likeness (QED) is 0.682. The van der Waals surface area contributed by atoms with Crippen molar-refractivity contribution in [3.8, 4) is 5.88 Å². The molecular weight excluding hydrogens is 192 g/mol. The van der Waals surface area contributed by atoms with Gasteiger partial charge in [-0.05, 0) is 0 Å². The first-order valence-electron chi connectivity index (χ1n) is 3.06. The lowest BCUT2D eigenvalue weighted by Crippen LogP contribution is -2.33. The summed E-state index contributed by atoms with van der Waals surface area (Å²) in [4.78, 5) is 0. The lowest BCUT2D eigenvalue weighted by Gasteiger charge is -2.09. The van der Waals surface area contributed by atoms with Gasteiger partial charge in [0.15, 0.2) is 0 Å². The van der Waals surface area contributed by atoms with Crippen molar-refractivity contribution < 1.29 is 27.5 Å². The van der Waals surface area contributed by atoms with Gasteiger partial charge in [-0.2, -0.15) is 0 Å². The van der Waals surface area contributed by atoms with E-state index < -0.39 is 13.7 Å². The zero-order valence-corrected chi connectivity index (χ0v) is 6.08. The van der Waals surface area contributed by atoms with Crippen LogP contribution >= 0.6 is 0 Å². The third kappa shape index (κ3) is 3.81. The van der Waals surface area contributed by atoms with Crippen molar-refractivity contribution >= 4 is 7.32 Å². The van der Waals surface area contributed by atoms with Gasteiger partial charge in [0.2, 0.25) is 5.88 Å². The average molecular weight is 196 g/mol. The van der Waals surface area contributed by atoms with Crippen molar-refractivity contribution in [1.82, 2.24) is 10.2 Å². The molecule has 2 N–H and O–H groups in total. The molecule has 72 valence electrons. The molecule has 1 rings (SSSR count). The van der Waals surface area contributed by atoms with Gasteiger partial charge in [0.05, 0.1) is 0 Å². The number of aromatic amines is 1. The summed E-state index contributed by atoms with van der Waals surface area (Å²) in [6.07, 6.45) is -3.63. The second kappa shape index (κ2) is 3.67. The van der Waals surface area contributed by atoms with Crippen LogP contribution in [0.15, 0.2) is 12.3 Å². The van der Waals surface area contributed by atoms with E-state index in [-0.39, 0.29) is 5.88 Å². The molecule has 1 heterocycles. The van der Waals surface area contributed by atoms with Crippen LogP contribution in [0.1, 0.15) is 0 Å². The third-order valence-corrected chi connectivity index (χ3v) is 0.931. The predicted molar refractivity (Wildman–Crippen MR) is 34.3 cm³/mol. The van der Waals surface area contributed by atoms with Gasteiger partial charge >= 0.3 is 13.7 Å². The Kier molecular flexibility index (Phi) is 2.78. The van der Waals surface area contributed by atoms with E-state index in [9.17, 15) is 13.2 Å². The Morgan fingerprint density at radius 3 is 2.69 bits per heavy atom. The largest absolute Gasteiger partial charge is 0.717 e. The van der Waals surface area contributed by atoms with E-state index >= 15 is 0 Å². The zero-order valence-electron chi connectivity index (χ0n) is 6.08. The molecular formula is C4H4BF3N2O3. The number of alkyl halides is 3. The number of hydrogen-bond donors (Lipinski definition) is 2. The van der Waals surface area contributed by atoms with Crippen LogP contribution in [0.25, 0.3) is 0 Å². The molecule has 0 spiro atoms. The summed E-state index contributed by atoms with van der Waals surface area (Å²) in [6.45, 7) is 0. The van der Waals surface area contributed by atoms with Gasteiger partial charge in [0, 0.05) is 12.3 Å². The molecule has 0 aliphatic rings. The maximum absolute atomic E-state index is 11.4. The zero-order chi connectivity index (χ0) is 9.90. The number of H-pyrrole nitrogens is 1. The van der Waals surface area contributed by atoms with Crippen LogP contribution in [0.3, 0.4) is 0 Å². The van der Waals surface area contributed by atoms with Gasteiger partial charge in [-0.15, -0.1) is 18.3 Å². The molecule has 0 radical (unpaired) electrons. The number of rotatable bonds is 3. The van der Waals surface area contributed by atoms with Crippen LogP contribution in [0.2, 0.25) is 0 Å². The fraction of sp³-hybridized carbons (Fsp3) is 0.250. The standard InChI is InChI=1S/C4H4BF3N2O3/c6-4(7,8)13-5(11)12-3-1-2-9-10-3/h1-2,11H,(H,9,10). The molecule has 5 nitrogen and oxygen atoms in total. The van der Waals surface area contributed by atoms with Gasteiger partial charge in [0.1, 0.15) is 0 Å². The topological polar surface area (TPSA) is 67.4 Å². The summed E-state index contributed by atoms with van der Waals surface area (Å²) in [5, 5.41) is 14.1. The summed E-state index contributed by atoms with van der Waals surface area (Å²) >= 11 is 0. The Morgan fingerprint density at radius 1 is 1.54 bits per heavy atom. The van der Waals surface area contributed by atoms with E-state index in [2.05, 4.69) is 19.5 Å². The predicted octanol–water partition coefficient (Wildman–Crippen LogP) is 0.302. The van der Waals surface area contributed by atoms with Crippen LogP contribution in [0.5, 0.6) is 5.88 Å². The molecule has 9 heteroatoms. The first kappa shape index (κ1) is 9.87. The van der Waals surface area contributed by atoms with Crippen LogP contribution in [-0.2, 0) is 4.65 Å².